The summed E-state index contributed by atoms with van der Waals surface area (Å²) >= 11 is 5.40. The van der Waals surface area contributed by atoms with Gasteiger partial charge in [-0.05, 0) is 198 Å². The molecule has 31 N–H and O–H groups in total. The van der Waals surface area contributed by atoms with Crippen molar-refractivity contribution in [2.75, 3.05) is 51.7 Å². The van der Waals surface area contributed by atoms with Crippen LogP contribution in [0.3, 0.4) is 0 Å². The number of hydrogen-bond donors (Lipinski definition) is 26. The quantitative estimate of drug-likeness (QED) is 0.0200. The first kappa shape index (κ1) is 122. The lowest BCUT2D eigenvalue weighted by Gasteiger charge is -2.29. The number of carbonyl (C=O) groups excluding carboxylic acids is 18. The average Bonchev–Trinajstić information content (AvgIpc) is 0.853. The molecule has 18 amide bonds. The number of nitrogens with one attached hydrogen (secondary N) is 17. The molecule has 0 aromatic heterocycles. The van der Waals surface area contributed by atoms with Gasteiger partial charge >= 0.3 is 23.9 Å². The third-order valence-electron chi connectivity index (χ3n) is 20.4. The highest BCUT2D eigenvalue weighted by Crippen LogP contribution is 2.18. The van der Waals surface area contributed by atoms with E-state index >= 15 is 0 Å². The molecule has 0 radical (unpaired) electrons. The number of amides is 18. The Morgan fingerprint density at radius 1 is 0.231 bits per heavy atom. The second-order valence-corrected chi connectivity index (χ2v) is 35.2. The van der Waals surface area contributed by atoms with E-state index in [0.717, 1.165) is 0 Å². The van der Waals surface area contributed by atoms with Gasteiger partial charge in [0, 0.05) is 25.7 Å². The molecule has 0 unspecified atom stereocenters. The number of carboxylic acid groups (broad SMARTS) is 4. The van der Waals surface area contributed by atoms with Gasteiger partial charge in [0.05, 0.1) is 19.6 Å². The second-order valence-electron chi connectivity index (χ2n) is 35.0. The molecule has 0 aromatic rings. The highest BCUT2D eigenvalue weighted by atomic mass is 35.5. The van der Waals surface area contributed by atoms with Crippen LogP contribution in [-0.4, -0.2) is 287 Å². The highest BCUT2D eigenvalue weighted by Gasteiger charge is 2.40. The van der Waals surface area contributed by atoms with Crippen LogP contribution in [0, 0.1) is 29.6 Å². The Hall–Kier alpha value is -11.5. The van der Waals surface area contributed by atoms with Crippen molar-refractivity contribution in [3.05, 3.63) is 0 Å². The molecule has 0 aliphatic carbocycles. The summed E-state index contributed by atoms with van der Waals surface area (Å²) in [5.41, 5.74) is 28.4. The van der Waals surface area contributed by atoms with Crippen LogP contribution in [-0.2, 0) is 105 Å². The Balaban J connectivity index is 7.47. The summed E-state index contributed by atoms with van der Waals surface area (Å²) in [6, 6.07) is -21.7. The van der Waals surface area contributed by atoms with Crippen LogP contribution in [0.25, 0.3) is 0 Å². The molecule has 762 valence electrons. The number of hydrogen-bond acceptors (Lipinski definition) is 26. The molecular weight excluding hydrogens is 1780 g/mol. The minimum atomic E-state index is -1.85. The summed E-state index contributed by atoms with van der Waals surface area (Å²) < 4.78 is 0. The number of alkyl halides is 1. The third kappa shape index (κ3) is 54.6. The molecule has 0 aliphatic heterocycles. The van der Waals surface area contributed by atoms with Gasteiger partial charge in [0.25, 0.3) is 0 Å². The maximum atomic E-state index is 14.8. The van der Waals surface area contributed by atoms with Gasteiger partial charge in [-0.3, -0.25) is 105 Å². The Kier molecular flexibility index (Phi) is 61.8. The van der Waals surface area contributed by atoms with Crippen molar-refractivity contribution in [1.29, 1.82) is 0 Å². The van der Waals surface area contributed by atoms with Crippen LogP contribution < -0.4 is 119 Å². The molecule has 0 saturated carbocycles. The zero-order chi connectivity index (χ0) is 102. The number of carbonyl (C=O) groups is 22. The van der Waals surface area contributed by atoms with Crippen LogP contribution >= 0.6 is 11.6 Å². The van der Waals surface area contributed by atoms with E-state index in [1.807, 2.05) is 0 Å². The van der Waals surface area contributed by atoms with Crippen LogP contribution in [0.4, 0.5) is 0 Å². The molecule has 134 heavy (non-hydrogen) atoms. The first-order valence-corrected chi connectivity index (χ1v) is 46.0. The van der Waals surface area contributed by atoms with E-state index in [4.69, 9.17) is 40.3 Å². The van der Waals surface area contributed by atoms with Crippen molar-refractivity contribution >= 4 is 142 Å². The van der Waals surface area contributed by atoms with E-state index in [9.17, 15) is 126 Å². The van der Waals surface area contributed by atoms with E-state index < -0.39 is 304 Å². The van der Waals surface area contributed by atoms with E-state index in [1.54, 1.807) is 69.2 Å². The largest absolute Gasteiger partial charge is 0.481 e. The predicted molar refractivity (Wildman–Crippen MR) is 488 cm³/mol. The fraction of sp³-hybridized carbons (Fsp3) is 0.741. The normalized spacial score (nSPS) is 14.3. The van der Waals surface area contributed by atoms with Crippen LogP contribution in [0.15, 0.2) is 0 Å². The van der Waals surface area contributed by atoms with Crippen molar-refractivity contribution in [1.82, 2.24) is 90.4 Å². The molecule has 14 atom stereocenters. The molecule has 0 bridgehead atoms. The van der Waals surface area contributed by atoms with Crippen molar-refractivity contribution < 1.29 is 126 Å². The van der Waals surface area contributed by atoms with Crippen LogP contribution in [0.5, 0.6) is 0 Å². The number of halogens is 1. The van der Waals surface area contributed by atoms with Gasteiger partial charge in [-0.25, -0.2) is 0 Å². The van der Waals surface area contributed by atoms with Crippen LogP contribution in [0.2, 0.25) is 0 Å². The first-order valence-electron chi connectivity index (χ1n) is 45.5. The number of primary amides is 1. The lowest BCUT2D eigenvalue weighted by atomic mass is 9.98. The zero-order valence-corrected chi connectivity index (χ0v) is 79.6. The smallest absolute Gasteiger partial charge is 0.303 e. The number of aliphatic carboxylic acids is 4. The van der Waals surface area contributed by atoms with Crippen LogP contribution in [0.1, 0.15) is 237 Å². The molecular formula is C85H149ClN22O26. The Bertz CT molecular complexity index is 3860. The zero-order valence-electron chi connectivity index (χ0n) is 78.8. The standard InChI is InChI=1S/C85H149ClN22O26/c1-45(2)36-59(83(132)103-56(25-29-69(115)116)78(127)102-58(27-31-71(119)120)80(129)106-63(40-49(9)10)85(134)107-60(37-46(3)4)81(130)99-52(21-13-17-33-88)74(123)97-51(20-12-16-32-87)73(122)94-42-64(91)109)104-76(125)54(23-15-19-35-90)98-75(124)53(22-14-18-34-89)100-82(131)61(38-47(5)6)108-84(133)62(39-48(7)8)105-79(128)57(26-30-70(117)118)101-77(126)55(24-28-68(113)114)96-72(121)50(11)95-67(112)44-93-66(111)43-92-65(110)41-86/h45-63H,12-44,87-90H2,1-11H3,(H2,91,109)(H,92,110)(H,93,111)(H,94,122)(H,95,112)(H,96,121)(H,97,123)(H,98,124)(H,99,130)(H,100,131)(H,101,126)(H,102,127)(H,103,132)(H,104,125)(H,105,128)(H,106,129)(H,107,134)(H,108,133)(H,113,114)(H,115,116)(H,117,118)(H,119,120)/t50-,51-,52-,53-,54-,55-,56-,57-,58-,59-,60-,61-,62-,63-/m0/s1. The van der Waals surface area contributed by atoms with Crippen molar-refractivity contribution in [3.8, 4) is 0 Å². The average molecular weight is 1930 g/mol. The van der Waals surface area contributed by atoms with Crippen molar-refractivity contribution in [3.63, 3.8) is 0 Å². The SMILES string of the molecule is CC(C)C[C@H](NC(=O)[C@H](CCC(=O)O)NC(=O)[C@H](CCC(=O)O)NC(=O)[C@H](C)NC(=O)CNC(=O)CNC(=O)CCl)C(=O)N[C@@H](CC(C)C)C(=O)N[C@@H](CCCCN)C(=O)N[C@@H](CCCCN)C(=O)N[C@@H](CC(C)C)C(=O)N[C@@H](CCC(=O)O)C(=O)N[C@@H](CCC(=O)O)C(=O)N[C@@H](CC(C)C)C(=O)N[C@@H](CC(C)C)C(=O)N[C@@H](CCCCN)C(=O)N[C@@H](CCCCN)C(=O)NCC(N)=O. The number of unbranched alkanes of at least 4 members (excludes halogenated alkanes) is 4. The summed E-state index contributed by atoms with van der Waals surface area (Å²) in [6.45, 7) is 17.1. The van der Waals surface area contributed by atoms with E-state index in [-0.39, 0.29) is 115 Å². The number of nitrogens with two attached hydrogens (primary N) is 5. The van der Waals surface area contributed by atoms with E-state index in [2.05, 4.69) is 90.4 Å². The Labute approximate surface area is 785 Å². The minimum Gasteiger partial charge on any atom is -0.481 e. The predicted octanol–water partition coefficient (Wildman–Crippen LogP) is -4.93. The number of carboxylic acids is 4. The molecule has 0 rings (SSSR count). The van der Waals surface area contributed by atoms with Gasteiger partial charge in [-0.15, -0.1) is 11.6 Å². The minimum absolute atomic E-state index is 0.0160. The molecule has 0 aliphatic rings. The fourth-order valence-corrected chi connectivity index (χ4v) is 13.5. The first-order chi connectivity index (χ1) is 62.9. The molecule has 0 spiro atoms. The van der Waals surface area contributed by atoms with Gasteiger partial charge < -0.3 is 139 Å². The monoisotopic (exact) mass is 1930 g/mol. The van der Waals surface area contributed by atoms with Gasteiger partial charge in [0.15, 0.2) is 0 Å². The molecule has 48 nitrogen and oxygen atoms in total. The Morgan fingerprint density at radius 3 is 0.634 bits per heavy atom. The topological polar surface area (TPSA) is 791 Å². The summed E-state index contributed by atoms with van der Waals surface area (Å²) in [5.74, 6) is -25.4. The molecule has 0 heterocycles. The summed E-state index contributed by atoms with van der Waals surface area (Å²) in [5, 5.41) is 81.3. The maximum absolute atomic E-state index is 14.8. The number of rotatable bonds is 73. The molecule has 0 saturated heterocycles. The molecule has 0 fully saturated rings. The third-order valence-corrected chi connectivity index (χ3v) is 20.6. The molecule has 49 heteroatoms. The van der Waals surface area contributed by atoms with Gasteiger partial charge in [0.1, 0.15) is 90.5 Å². The highest BCUT2D eigenvalue weighted by molar-refractivity contribution is 6.27. The van der Waals surface area contributed by atoms with Gasteiger partial charge in [-0.2, -0.15) is 0 Å². The molecule has 0 aromatic carbocycles. The van der Waals surface area contributed by atoms with Gasteiger partial charge in [0.2, 0.25) is 106 Å². The fourth-order valence-electron chi connectivity index (χ4n) is 13.4. The van der Waals surface area contributed by atoms with Gasteiger partial charge in [-0.1, -0.05) is 69.2 Å². The lowest BCUT2D eigenvalue weighted by molar-refractivity contribution is -0.140. The summed E-state index contributed by atoms with van der Waals surface area (Å²) in [7, 11) is 0. The lowest BCUT2D eigenvalue weighted by Crippen LogP contribution is -2.61. The maximum Gasteiger partial charge on any atom is 0.303 e. The second kappa shape index (κ2) is 67.6. The van der Waals surface area contributed by atoms with E-state index in [1.165, 1.54) is 6.92 Å². The van der Waals surface area contributed by atoms with Crippen molar-refractivity contribution in [2.45, 2.75) is 321 Å². The van der Waals surface area contributed by atoms with Crippen molar-refractivity contribution in [2.24, 2.45) is 58.3 Å². The summed E-state index contributed by atoms with van der Waals surface area (Å²) in [6.07, 6.45) is -3.86. The summed E-state index contributed by atoms with van der Waals surface area (Å²) in [4.78, 5) is 297. The Morgan fingerprint density at radius 2 is 0.425 bits per heavy atom. The van der Waals surface area contributed by atoms with E-state index in [0.29, 0.717) is 38.5 Å².